The average molecular weight is 216 g/mol. The highest BCUT2D eigenvalue weighted by Crippen LogP contribution is 2.12. The highest BCUT2D eigenvalue weighted by molar-refractivity contribution is 5.85. The van der Waals surface area contributed by atoms with E-state index >= 15 is 0 Å². The van der Waals surface area contributed by atoms with E-state index in [-0.39, 0.29) is 5.91 Å². The lowest BCUT2D eigenvalue weighted by Gasteiger charge is -2.24. The predicted octanol–water partition coefficient (Wildman–Crippen LogP) is -1.31. The van der Waals surface area contributed by atoms with Gasteiger partial charge in [0.1, 0.15) is 0 Å². The maximum Gasteiger partial charge on any atom is 0.341 e. The van der Waals surface area contributed by atoms with E-state index in [0.717, 1.165) is 4.90 Å². The van der Waals surface area contributed by atoms with Crippen molar-refractivity contribution in [2.75, 3.05) is 13.1 Å². The molecule has 7 heteroatoms. The van der Waals surface area contributed by atoms with Crippen LogP contribution in [0.4, 0.5) is 0 Å². The van der Waals surface area contributed by atoms with Crippen LogP contribution in [0.25, 0.3) is 0 Å². The van der Waals surface area contributed by atoms with Gasteiger partial charge in [-0.25, -0.2) is 4.79 Å². The minimum atomic E-state index is -1.24. The largest absolute Gasteiger partial charge is 0.480 e. The molecule has 84 valence electrons. The average Bonchev–Trinajstić information content (AvgIpc) is 2.51. The van der Waals surface area contributed by atoms with Gasteiger partial charge in [-0.05, 0) is 6.42 Å². The monoisotopic (exact) mass is 216 g/mol. The Bertz CT molecular complexity index is 291. The Balaban J connectivity index is 2.61. The molecule has 15 heavy (non-hydrogen) atoms. The van der Waals surface area contributed by atoms with Crippen molar-refractivity contribution in [3.8, 4) is 0 Å². The molecular weight excluding hydrogens is 204 g/mol. The summed E-state index contributed by atoms with van der Waals surface area (Å²) in [5.74, 6) is -2.67. The third kappa shape index (κ3) is 2.91. The molecule has 0 aromatic rings. The Kier molecular flexibility index (Phi) is 3.62. The number of likely N-dealkylation sites (tertiary alicyclic amines) is 1. The van der Waals surface area contributed by atoms with Crippen LogP contribution < -0.4 is 5.32 Å². The zero-order valence-corrected chi connectivity index (χ0v) is 7.97. The molecule has 0 aromatic carbocycles. The first-order valence-corrected chi connectivity index (χ1v) is 4.50. The number of hydrogen-bond donors (Lipinski definition) is 3. The van der Waals surface area contributed by atoms with E-state index < -0.39 is 24.6 Å². The lowest BCUT2D eigenvalue weighted by Crippen LogP contribution is -2.52. The Labute approximate surface area is 85.7 Å². The molecule has 0 aliphatic carbocycles. The summed E-state index contributed by atoms with van der Waals surface area (Å²) in [6.45, 7) is -0.136. The van der Waals surface area contributed by atoms with E-state index in [1.807, 2.05) is 0 Å². The highest BCUT2D eigenvalue weighted by Gasteiger charge is 2.32. The van der Waals surface area contributed by atoms with Crippen LogP contribution in [0.3, 0.4) is 0 Å². The number of carboxylic acid groups (broad SMARTS) is 2. The van der Waals surface area contributed by atoms with Gasteiger partial charge in [0, 0.05) is 13.0 Å². The smallest absolute Gasteiger partial charge is 0.341 e. The van der Waals surface area contributed by atoms with E-state index in [2.05, 4.69) is 5.32 Å². The molecule has 1 rings (SSSR count). The zero-order chi connectivity index (χ0) is 11.4. The summed E-state index contributed by atoms with van der Waals surface area (Å²) in [6, 6.07) is 0. The minimum Gasteiger partial charge on any atom is -0.480 e. The number of nitrogens with one attached hydrogen (secondary N) is 1. The Morgan fingerprint density at radius 3 is 2.53 bits per heavy atom. The molecule has 0 spiro atoms. The summed E-state index contributed by atoms with van der Waals surface area (Å²) in [5, 5.41) is 19.5. The molecule has 0 bridgehead atoms. The SMILES string of the molecule is O=C(O)CNC(C(=O)O)N1CCCC1=O. The predicted molar refractivity (Wildman–Crippen MR) is 48.0 cm³/mol. The van der Waals surface area contributed by atoms with Crippen molar-refractivity contribution in [2.45, 2.75) is 19.0 Å². The van der Waals surface area contributed by atoms with E-state index in [0.29, 0.717) is 19.4 Å². The number of amides is 1. The van der Waals surface area contributed by atoms with Crippen molar-refractivity contribution in [2.24, 2.45) is 0 Å². The zero-order valence-electron chi connectivity index (χ0n) is 7.97. The highest BCUT2D eigenvalue weighted by atomic mass is 16.4. The Morgan fingerprint density at radius 2 is 2.13 bits per heavy atom. The molecular formula is C8H12N2O5. The number of carbonyl (C=O) groups is 3. The minimum absolute atomic E-state index is 0.264. The van der Waals surface area contributed by atoms with Crippen molar-refractivity contribution >= 4 is 17.8 Å². The van der Waals surface area contributed by atoms with Crippen LogP contribution in [-0.4, -0.2) is 52.2 Å². The Morgan fingerprint density at radius 1 is 1.47 bits per heavy atom. The summed E-state index contributed by atoms with van der Waals surface area (Å²) >= 11 is 0. The van der Waals surface area contributed by atoms with Gasteiger partial charge >= 0.3 is 11.9 Å². The third-order valence-electron chi connectivity index (χ3n) is 2.10. The van der Waals surface area contributed by atoms with Gasteiger partial charge < -0.3 is 15.1 Å². The standard InChI is InChI=1S/C8H12N2O5/c11-5-2-1-3-10(5)7(8(14)15)9-4-6(12)13/h7,9H,1-4H2,(H,12,13)(H,14,15). The van der Waals surface area contributed by atoms with Crippen LogP contribution in [0.5, 0.6) is 0 Å². The number of carboxylic acids is 2. The number of hydrogen-bond acceptors (Lipinski definition) is 4. The van der Waals surface area contributed by atoms with Gasteiger partial charge in [0.25, 0.3) is 0 Å². The van der Waals surface area contributed by atoms with Crippen LogP contribution in [0.1, 0.15) is 12.8 Å². The van der Waals surface area contributed by atoms with Crippen molar-refractivity contribution in [3.63, 3.8) is 0 Å². The molecule has 1 aliphatic rings. The quantitative estimate of drug-likeness (QED) is 0.527. The van der Waals surface area contributed by atoms with Crippen LogP contribution in [0.15, 0.2) is 0 Å². The molecule has 1 fully saturated rings. The molecule has 1 amide bonds. The van der Waals surface area contributed by atoms with Crippen LogP contribution in [0.2, 0.25) is 0 Å². The van der Waals surface area contributed by atoms with Crippen molar-refractivity contribution < 1.29 is 24.6 Å². The fourth-order valence-electron chi connectivity index (χ4n) is 1.46. The summed E-state index contributed by atoms with van der Waals surface area (Å²) < 4.78 is 0. The summed E-state index contributed by atoms with van der Waals surface area (Å²) in [5.41, 5.74) is 0. The molecule has 1 aliphatic heterocycles. The number of rotatable bonds is 5. The Hall–Kier alpha value is -1.63. The first kappa shape index (κ1) is 11.4. The molecule has 1 heterocycles. The lowest BCUT2D eigenvalue weighted by atomic mass is 10.4. The molecule has 0 aromatic heterocycles. The first-order valence-electron chi connectivity index (χ1n) is 4.50. The molecule has 1 atom stereocenters. The van der Waals surface area contributed by atoms with Gasteiger partial charge in [-0.15, -0.1) is 0 Å². The number of nitrogens with zero attached hydrogens (tertiary/aromatic N) is 1. The van der Waals surface area contributed by atoms with E-state index in [1.54, 1.807) is 0 Å². The molecule has 3 N–H and O–H groups in total. The molecule has 1 saturated heterocycles. The van der Waals surface area contributed by atoms with Crippen LogP contribution in [-0.2, 0) is 14.4 Å². The topological polar surface area (TPSA) is 107 Å². The first-order chi connectivity index (χ1) is 7.02. The van der Waals surface area contributed by atoms with Crippen LogP contribution >= 0.6 is 0 Å². The van der Waals surface area contributed by atoms with Crippen molar-refractivity contribution in [3.05, 3.63) is 0 Å². The van der Waals surface area contributed by atoms with Gasteiger partial charge in [0.15, 0.2) is 6.17 Å². The van der Waals surface area contributed by atoms with Crippen molar-refractivity contribution in [1.82, 2.24) is 10.2 Å². The van der Waals surface area contributed by atoms with Gasteiger partial charge in [0.05, 0.1) is 6.54 Å². The molecule has 7 nitrogen and oxygen atoms in total. The van der Waals surface area contributed by atoms with Gasteiger partial charge in [-0.3, -0.25) is 14.9 Å². The normalized spacial score (nSPS) is 17.9. The fourth-order valence-corrected chi connectivity index (χ4v) is 1.46. The summed E-state index contributed by atoms with van der Waals surface area (Å²) in [4.78, 5) is 33.4. The molecule has 1 unspecified atom stereocenters. The summed E-state index contributed by atoms with van der Waals surface area (Å²) in [6.07, 6.45) is -0.313. The van der Waals surface area contributed by atoms with E-state index in [4.69, 9.17) is 10.2 Å². The second kappa shape index (κ2) is 4.74. The number of carbonyl (C=O) groups excluding carboxylic acids is 1. The second-order valence-electron chi connectivity index (χ2n) is 3.21. The summed E-state index contributed by atoms with van der Waals surface area (Å²) in [7, 11) is 0. The lowest BCUT2D eigenvalue weighted by molar-refractivity contribution is -0.150. The fraction of sp³-hybridized carbons (Fsp3) is 0.625. The van der Waals surface area contributed by atoms with Gasteiger partial charge in [0.2, 0.25) is 5.91 Å². The number of aliphatic carboxylic acids is 2. The maximum absolute atomic E-state index is 11.2. The van der Waals surface area contributed by atoms with Gasteiger partial charge in [-0.2, -0.15) is 0 Å². The molecule has 0 saturated carbocycles. The molecule has 0 radical (unpaired) electrons. The van der Waals surface area contributed by atoms with Crippen LogP contribution in [0, 0.1) is 0 Å². The van der Waals surface area contributed by atoms with Crippen molar-refractivity contribution in [1.29, 1.82) is 0 Å². The van der Waals surface area contributed by atoms with Gasteiger partial charge in [-0.1, -0.05) is 0 Å². The van der Waals surface area contributed by atoms with E-state index in [9.17, 15) is 14.4 Å². The third-order valence-corrected chi connectivity index (χ3v) is 2.10. The second-order valence-corrected chi connectivity index (χ2v) is 3.21. The maximum atomic E-state index is 11.2. The van der Waals surface area contributed by atoms with E-state index in [1.165, 1.54) is 0 Å².